The Balaban J connectivity index is 2.92. The van der Waals surface area contributed by atoms with Gasteiger partial charge in [-0.05, 0) is 12.1 Å². The fourth-order valence-corrected chi connectivity index (χ4v) is 1.24. The van der Waals surface area contributed by atoms with Gasteiger partial charge in [-0.2, -0.15) is 0 Å². The van der Waals surface area contributed by atoms with Gasteiger partial charge in [0.2, 0.25) is 0 Å². The summed E-state index contributed by atoms with van der Waals surface area (Å²) in [7, 11) is 1.76. The van der Waals surface area contributed by atoms with Crippen LogP contribution < -0.4 is 10.1 Å². The fourth-order valence-electron chi connectivity index (χ4n) is 0.978. The average Bonchev–Trinajstić information content (AvgIpc) is 2.21. The van der Waals surface area contributed by atoms with Gasteiger partial charge in [0.25, 0.3) is 0 Å². The molecule has 0 aromatic heterocycles. The van der Waals surface area contributed by atoms with Crippen LogP contribution in [-0.2, 0) is 4.79 Å². The summed E-state index contributed by atoms with van der Waals surface area (Å²) in [6, 6.07) is 5.25. The Bertz CT molecular complexity index is 339. The van der Waals surface area contributed by atoms with Crippen LogP contribution in [0, 0.1) is 0 Å². The normalized spacial score (nSPS) is 9.64. The third kappa shape index (κ3) is 2.39. The van der Waals surface area contributed by atoms with Crippen molar-refractivity contribution in [3.05, 3.63) is 23.2 Å². The molecule has 0 fully saturated rings. The predicted molar refractivity (Wildman–Crippen MR) is 56.9 cm³/mol. The molecule has 76 valence electrons. The highest BCUT2D eigenvalue weighted by Gasteiger charge is 2.08. The lowest BCUT2D eigenvalue weighted by Crippen LogP contribution is -2.06. The topological polar surface area (TPSA) is 38.3 Å². The van der Waals surface area contributed by atoms with Crippen molar-refractivity contribution in [2.75, 3.05) is 12.4 Å². The molecule has 3 nitrogen and oxygen atoms in total. The van der Waals surface area contributed by atoms with Crippen molar-refractivity contribution in [3.63, 3.8) is 0 Å². The van der Waals surface area contributed by atoms with E-state index in [0.717, 1.165) is 5.69 Å². The van der Waals surface area contributed by atoms with Gasteiger partial charge in [0.05, 0.1) is 5.69 Å². The maximum absolute atomic E-state index is 11.0. The van der Waals surface area contributed by atoms with E-state index in [1.165, 1.54) is 0 Å². The fraction of sp³-hybridized carbons (Fsp3) is 0.300. The minimum Gasteiger partial charge on any atom is -0.425 e. The standard InChI is InChI=1S/C10H12ClNO2/c1-3-9(13)14-8-6-4-5-7(12-2)10(8)11/h4-6,12H,3H2,1-2H3. The molecule has 0 bridgehead atoms. The van der Waals surface area contributed by atoms with E-state index in [9.17, 15) is 4.79 Å². The molecule has 0 aliphatic rings. The quantitative estimate of drug-likeness (QED) is 0.620. The molecule has 14 heavy (non-hydrogen) atoms. The van der Waals surface area contributed by atoms with Crippen LogP contribution in [-0.4, -0.2) is 13.0 Å². The van der Waals surface area contributed by atoms with Crippen LogP contribution in [0.15, 0.2) is 18.2 Å². The van der Waals surface area contributed by atoms with E-state index in [0.29, 0.717) is 17.2 Å². The van der Waals surface area contributed by atoms with E-state index in [1.807, 2.05) is 6.07 Å². The summed E-state index contributed by atoms with van der Waals surface area (Å²) in [5.74, 6) is 0.102. The van der Waals surface area contributed by atoms with Gasteiger partial charge in [-0.15, -0.1) is 0 Å². The first kappa shape index (κ1) is 10.9. The minimum atomic E-state index is -0.292. The van der Waals surface area contributed by atoms with E-state index in [2.05, 4.69) is 5.32 Å². The predicted octanol–water partition coefficient (Wildman–Crippen LogP) is 2.70. The second-order valence-corrected chi connectivity index (χ2v) is 3.07. The number of carbonyl (C=O) groups is 1. The number of rotatable bonds is 3. The van der Waals surface area contributed by atoms with E-state index in [1.54, 1.807) is 26.1 Å². The minimum absolute atomic E-state index is 0.292. The number of benzene rings is 1. The third-order valence-electron chi connectivity index (χ3n) is 1.75. The van der Waals surface area contributed by atoms with Crippen molar-refractivity contribution in [2.24, 2.45) is 0 Å². The van der Waals surface area contributed by atoms with E-state index >= 15 is 0 Å². The lowest BCUT2D eigenvalue weighted by molar-refractivity contribution is -0.134. The first-order valence-electron chi connectivity index (χ1n) is 4.36. The van der Waals surface area contributed by atoms with Gasteiger partial charge in [-0.25, -0.2) is 0 Å². The number of carbonyl (C=O) groups excluding carboxylic acids is 1. The first-order chi connectivity index (χ1) is 6.69. The van der Waals surface area contributed by atoms with Crippen LogP contribution >= 0.6 is 11.6 Å². The molecule has 0 heterocycles. The number of halogens is 1. The van der Waals surface area contributed by atoms with Gasteiger partial charge in [0, 0.05) is 13.5 Å². The molecule has 0 unspecified atom stereocenters. The van der Waals surface area contributed by atoms with Gasteiger partial charge < -0.3 is 10.1 Å². The number of nitrogens with one attached hydrogen (secondary N) is 1. The Morgan fingerprint density at radius 1 is 1.57 bits per heavy atom. The number of anilines is 1. The highest BCUT2D eigenvalue weighted by Crippen LogP contribution is 2.31. The van der Waals surface area contributed by atoms with Crippen LogP contribution in [0.3, 0.4) is 0 Å². The summed E-state index contributed by atoms with van der Waals surface area (Å²) in [6.07, 6.45) is 0.333. The maximum Gasteiger partial charge on any atom is 0.310 e. The zero-order chi connectivity index (χ0) is 10.6. The van der Waals surface area contributed by atoms with Crippen molar-refractivity contribution in [1.82, 2.24) is 0 Å². The lowest BCUT2D eigenvalue weighted by atomic mass is 10.3. The Morgan fingerprint density at radius 3 is 2.86 bits per heavy atom. The Kier molecular flexibility index (Phi) is 3.77. The molecule has 0 aliphatic carbocycles. The van der Waals surface area contributed by atoms with E-state index in [-0.39, 0.29) is 5.97 Å². The van der Waals surface area contributed by atoms with Gasteiger partial charge in [0.15, 0.2) is 5.75 Å². The molecule has 0 saturated heterocycles. The first-order valence-corrected chi connectivity index (χ1v) is 4.73. The summed E-state index contributed by atoms with van der Waals surface area (Å²) in [5.41, 5.74) is 0.744. The maximum atomic E-state index is 11.0. The second kappa shape index (κ2) is 4.86. The number of esters is 1. The van der Waals surface area contributed by atoms with Gasteiger partial charge in [-0.3, -0.25) is 4.79 Å². The van der Waals surface area contributed by atoms with Crippen molar-refractivity contribution >= 4 is 23.3 Å². The molecule has 0 radical (unpaired) electrons. The molecule has 0 spiro atoms. The molecular formula is C10H12ClNO2. The largest absolute Gasteiger partial charge is 0.425 e. The van der Waals surface area contributed by atoms with Crippen molar-refractivity contribution < 1.29 is 9.53 Å². The summed E-state index contributed by atoms with van der Waals surface area (Å²) < 4.78 is 5.03. The molecule has 1 aromatic rings. The van der Waals surface area contributed by atoms with E-state index < -0.39 is 0 Å². The number of hydrogen-bond acceptors (Lipinski definition) is 3. The Labute approximate surface area is 88.0 Å². The Hall–Kier alpha value is -1.22. The summed E-state index contributed by atoms with van der Waals surface area (Å²) in [4.78, 5) is 11.0. The highest BCUT2D eigenvalue weighted by molar-refractivity contribution is 6.34. The molecule has 1 aromatic carbocycles. The van der Waals surface area contributed by atoms with Crippen LogP contribution in [0.1, 0.15) is 13.3 Å². The molecule has 0 aliphatic heterocycles. The van der Waals surface area contributed by atoms with Crippen molar-refractivity contribution in [3.8, 4) is 5.75 Å². The smallest absolute Gasteiger partial charge is 0.310 e. The zero-order valence-electron chi connectivity index (χ0n) is 8.13. The summed E-state index contributed by atoms with van der Waals surface area (Å²) >= 11 is 5.97. The molecule has 0 amide bonds. The molecule has 1 rings (SSSR count). The van der Waals surface area contributed by atoms with Gasteiger partial charge >= 0.3 is 5.97 Å². The van der Waals surface area contributed by atoms with E-state index in [4.69, 9.17) is 16.3 Å². The second-order valence-electron chi connectivity index (χ2n) is 2.70. The monoisotopic (exact) mass is 213 g/mol. The summed E-state index contributed by atoms with van der Waals surface area (Å²) in [6.45, 7) is 1.73. The zero-order valence-corrected chi connectivity index (χ0v) is 8.89. The molecule has 0 saturated carbocycles. The lowest BCUT2D eigenvalue weighted by Gasteiger charge is -2.08. The van der Waals surface area contributed by atoms with Gasteiger partial charge in [0.1, 0.15) is 5.02 Å². The number of ether oxygens (including phenoxy) is 1. The molecule has 0 atom stereocenters. The molecule has 1 N–H and O–H groups in total. The average molecular weight is 214 g/mol. The highest BCUT2D eigenvalue weighted by atomic mass is 35.5. The molecule has 4 heteroatoms. The number of hydrogen-bond donors (Lipinski definition) is 1. The van der Waals surface area contributed by atoms with Crippen LogP contribution in [0.4, 0.5) is 5.69 Å². The van der Waals surface area contributed by atoms with Gasteiger partial charge in [-0.1, -0.05) is 24.6 Å². The summed E-state index contributed by atoms with van der Waals surface area (Å²) in [5, 5.41) is 3.33. The van der Waals surface area contributed by atoms with Crippen molar-refractivity contribution in [1.29, 1.82) is 0 Å². The van der Waals surface area contributed by atoms with Crippen LogP contribution in [0.25, 0.3) is 0 Å². The van der Waals surface area contributed by atoms with Crippen LogP contribution in [0.5, 0.6) is 5.75 Å². The Morgan fingerprint density at radius 2 is 2.29 bits per heavy atom. The SMILES string of the molecule is CCC(=O)Oc1cccc(NC)c1Cl. The molecular weight excluding hydrogens is 202 g/mol. The van der Waals surface area contributed by atoms with Crippen molar-refractivity contribution in [2.45, 2.75) is 13.3 Å². The van der Waals surface area contributed by atoms with Crippen LogP contribution in [0.2, 0.25) is 5.02 Å². The third-order valence-corrected chi connectivity index (χ3v) is 2.13.